The second-order valence-corrected chi connectivity index (χ2v) is 5.64. The van der Waals surface area contributed by atoms with Gasteiger partial charge in [0, 0.05) is 26.2 Å². The molecule has 0 aliphatic carbocycles. The number of anilines is 1. The van der Waals surface area contributed by atoms with E-state index in [1.165, 1.54) is 11.0 Å². The van der Waals surface area contributed by atoms with E-state index in [0.29, 0.717) is 13.1 Å². The van der Waals surface area contributed by atoms with E-state index >= 15 is 0 Å². The molecule has 3 heterocycles. The first kappa shape index (κ1) is 12.9. The fraction of sp³-hybridized carbons (Fsp3) is 0.600. The van der Waals surface area contributed by atoms with Crippen molar-refractivity contribution in [1.82, 2.24) is 35.3 Å². The molecule has 1 aliphatic heterocycles. The van der Waals surface area contributed by atoms with E-state index in [1.807, 2.05) is 11.8 Å². The first-order valence-electron chi connectivity index (χ1n) is 6.26. The lowest BCUT2D eigenvalue weighted by atomic mass is 10.3. The van der Waals surface area contributed by atoms with Crippen molar-refractivity contribution >= 4 is 22.4 Å². The van der Waals surface area contributed by atoms with Gasteiger partial charge in [-0.25, -0.2) is 4.68 Å². The third-order valence-electron chi connectivity index (χ3n) is 3.11. The summed E-state index contributed by atoms with van der Waals surface area (Å²) in [4.78, 5) is 16.1. The molecule has 1 fully saturated rings. The van der Waals surface area contributed by atoms with Gasteiger partial charge in [0.2, 0.25) is 11.0 Å². The maximum Gasteiger partial charge on any atom is 0.244 e. The Morgan fingerprint density at radius 3 is 2.70 bits per heavy atom. The largest absolute Gasteiger partial charge is 0.343 e. The van der Waals surface area contributed by atoms with Crippen LogP contribution in [0.15, 0.2) is 6.33 Å². The molecule has 0 radical (unpaired) electrons. The average molecular weight is 294 g/mol. The number of aryl methyl sites for hydroxylation is 1. The molecule has 0 spiro atoms. The first-order valence-corrected chi connectivity index (χ1v) is 7.07. The van der Waals surface area contributed by atoms with E-state index < -0.39 is 0 Å². The predicted octanol–water partition coefficient (Wildman–Crippen LogP) is -0.818. The minimum absolute atomic E-state index is 0.0328. The molecule has 1 aliphatic rings. The van der Waals surface area contributed by atoms with Gasteiger partial charge in [0.25, 0.3) is 0 Å². The van der Waals surface area contributed by atoms with Crippen LogP contribution in [-0.4, -0.2) is 67.4 Å². The van der Waals surface area contributed by atoms with Crippen LogP contribution in [0, 0.1) is 6.92 Å². The highest BCUT2D eigenvalue weighted by atomic mass is 32.1. The lowest BCUT2D eigenvalue weighted by Gasteiger charge is -2.34. The lowest BCUT2D eigenvalue weighted by Crippen LogP contribution is -2.49. The Bertz CT molecular complexity index is 574. The molecular formula is C10H14N8OS. The standard InChI is InChI=1S/C10H14N8OS/c1-8-12-13-10(20-8)17-4-2-16(3-5-17)9(19)6-18-7-11-14-15-18/h7H,2-6H2,1H3. The molecule has 0 N–H and O–H groups in total. The minimum Gasteiger partial charge on any atom is -0.343 e. The predicted molar refractivity (Wildman–Crippen MR) is 71.3 cm³/mol. The summed E-state index contributed by atoms with van der Waals surface area (Å²) in [6, 6.07) is 0. The van der Waals surface area contributed by atoms with Crippen LogP contribution in [0.25, 0.3) is 0 Å². The summed E-state index contributed by atoms with van der Waals surface area (Å²) in [5.74, 6) is 0.0328. The van der Waals surface area contributed by atoms with Gasteiger partial charge in [0.05, 0.1) is 0 Å². The second-order valence-electron chi connectivity index (χ2n) is 4.48. The monoisotopic (exact) mass is 294 g/mol. The summed E-state index contributed by atoms with van der Waals surface area (Å²) in [6.45, 7) is 5.03. The van der Waals surface area contributed by atoms with E-state index in [4.69, 9.17) is 0 Å². The van der Waals surface area contributed by atoms with E-state index in [9.17, 15) is 4.79 Å². The van der Waals surface area contributed by atoms with Crippen molar-refractivity contribution in [2.45, 2.75) is 13.5 Å². The molecule has 2 aromatic rings. The Morgan fingerprint density at radius 1 is 1.30 bits per heavy atom. The zero-order chi connectivity index (χ0) is 13.9. The quantitative estimate of drug-likeness (QED) is 0.730. The highest BCUT2D eigenvalue weighted by Crippen LogP contribution is 2.20. The van der Waals surface area contributed by atoms with Crippen LogP contribution in [0.3, 0.4) is 0 Å². The zero-order valence-electron chi connectivity index (χ0n) is 11.0. The molecule has 0 aromatic carbocycles. The second kappa shape index (κ2) is 5.49. The zero-order valence-corrected chi connectivity index (χ0v) is 11.8. The Labute approximate surface area is 119 Å². The molecule has 3 rings (SSSR count). The average Bonchev–Trinajstić information content (AvgIpc) is 3.10. The fourth-order valence-corrected chi connectivity index (χ4v) is 2.79. The van der Waals surface area contributed by atoms with Gasteiger partial charge in [-0.3, -0.25) is 4.79 Å². The molecular weight excluding hydrogens is 280 g/mol. The van der Waals surface area contributed by atoms with Crippen molar-refractivity contribution < 1.29 is 4.79 Å². The molecule has 106 valence electrons. The number of carbonyl (C=O) groups is 1. The maximum atomic E-state index is 12.1. The van der Waals surface area contributed by atoms with Crippen molar-refractivity contribution in [1.29, 1.82) is 0 Å². The fourth-order valence-electron chi connectivity index (χ4n) is 2.05. The molecule has 9 nitrogen and oxygen atoms in total. The Morgan fingerprint density at radius 2 is 2.10 bits per heavy atom. The SMILES string of the molecule is Cc1nnc(N2CCN(C(=O)Cn3cnnn3)CC2)s1. The van der Waals surface area contributed by atoms with Crippen LogP contribution in [-0.2, 0) is 11.3 Å². The highest BCUT2D eigenvalue weighted by molar-refractivity contribution is 7.15. The molecule has 0 saturated carbocycles. The molecule has 2 aromatic heterocycles. The summed E-state index contributed by atoms with van der Waals surface area (Å²) in [5, 5.41) is 20.8. The number of aromatic nitrogens is 6. The Balaban J connectivity index is 1.54. The smallest absolute Gasteiger partial charge is 0.244 e. The summed E-state index contributed by atoms with van der Waals surface area (Å²) < 4.78 is 1.43. The molecule has 0 bridgehead atoms. The number of nitrogens with zero attached hydrogens (tertiary/aromatic N) is 8. The minimum atomic E-state index is 0.0328. The molecule has 0 unspecified atom stereocenters. The number of hydrogen-bond acceptors (Lipinski definition) is 8. The van der Waals surface area contributed by atoms with E-state index in [-0.39, 0.29) is 12.5 Å². The van der Waals surface area contributed by atoms with Crippen molar-refractivity contribution in [2.24, 2.45) is 0 Å². The van der Waals surface area contributed by atoms with Crippen LogP contribution in [0.2, 0.25) is 0 Å². The number of piperazine rings is 1. The topological polar surface area (TPSA) is 92.9 Å². The van der Waals surface area contributed by atoms with Gasteiger partial charge >= 0.3 is 0 Å². The van der Waals surface area contributed by atoms with Gasteiger partial charge in [0.1, 0.15) is 17.9 Å². The number of rotatable bonds is 3. The Hall–Kier alpha value is -2.10. The van der Waals surface area contributed by atoms with E-state index in [0.717, 1.165) is 23.2 Å². The van der Waals surface area contributed by atoms with Gasteiger partial charge in [-0.05, 0) is 17.4 Å². The van der Waals surface area contributed by atoms with Crippen LogP contribution in [0.1, 0.15) is 5.01 Å². The Kier molecular flexibility index (Phi) is 3.54. The number of amides is 1. The van der Waals surface area contributed by atoms with Crippen molar-refractivity contribution in [3.8, 4) is 0 Å². The van der Waals surface area contributed by atoms with Gasteiger partial charge in [-0.1, -0.05) is 11.3 Å². The lowest BCUT2D eigenvalue weighted by molar-refractivity contribution is -0.132. The van der Waals surface area contributed by atoms with E-state index in [2.05, 4.69) is 30.6 Å². The highest BCUT2D eigenvalue weighted by Gasteiger charge is 2.23. The number of hydrogen-bond donors (Lipinski definition) is 0. The number of tetrazole rings is 1. The molecule has 1 amide bonds. The van der Waals surface area contributed by atoms with Crippen LogP contribution >= 0.6 is 11.3 Å². The molecule has 0 atom stereocenters. The molecule has 10 heteroatoms. The van der Waals surface area contributed by atoms with Gasteiger partial charge < -0.3 is 9.80 Å². The van der Waals surface area contributed by atoms with Crippen molar-refractivity contribution in [2.75, 3.05) is 31.1 Å². The molecule has 1 saturated heterocycles. The van der Waals surface area contributed by atoms with Gasteiger partial charge in [-0.15, -0.1) is 15.3 Å². The maximum absolute atomic E-state index is 12.1. The number of carbonyl (C=O) groups excluding carboxylic acids is 1. The van der Waals surface area contributed by atoms with Gasteiger partial charge in [0.15, 0.2) is 0 Å². The summed E-state index contributed by atoms with van der Waals surface area (Å²) in [5.41, 5.74) is 0. The molecule has 20 heavy (non-hydrogen) atoms. The van der Waals surface area contributed by atoms with E-state index in [1.54, 1.807) is 11.3 Å². The van der Waals surface area contributed by atoms with Crippen molar-refractivity contribution in [3.63, 3.8) is 0 Å². The van der Waals surface area contributed by atoms with Gasteiger partial charge in [-0.2, -0.15) is 0 Å². The summed E-state index contributed by atoms with van der Waals surface area (Å²) in [7, 11) is 0. The van der Waals surface area contributed by atoms with Crippen LogP contribution < -0.4 is 4.90 Å². The summed E-state index contributed by atoms with van der Waals surface area (Å²) >= 11 is 1.58. The first-order chi connectivity index (χ1) is 9.72. The third kappa shape index (κ3) is 2.74. The van der Waals surface area contributed by atoms with Crippen LogP contribution in [0.4, 0.5) is 5.13 Å². The van der Waals surface area contributed by atoms with Crippen LogP contribution in [0.5, 0.6) is 0 Å². The summed E-state index contributed by atoms with van der Waals surface area (Å²) in [6.07, 6.45) is 1.44. The third-order valence-corrected chi connectivity index (χ3v) is 4.01. The normalized spacial score (nSPS) is 15.7. The van der Waals surface area contributed by atoms with Crippen molar-refractivity contribution in [3.05, 3.63) is 11.3 Å².